The Hall–Kier alpha value is -4.44. The molecule has 0 amide bonds. The number of hydrogen-bond donors (Lipinski definition) is 0. The number of aryl methyl sites for hydroxylation is 3. The van der Waals surface area contributed by atoms with E-state index in [4.69, 9.17) is 10.00 Å². The molecule has 0 spiro atoms. The van der Waals surface area contributed by atoms with Crippen molar-refractivity contribution in [3.8, 4) is 17.5 Å². The first-order chi connectivity index (χ1) is 16.5. The highest BCUT2D eigenvalue weighted by Gasteiger charge is 2.20. The van der Waals surface area contributed by atoms with Gasteiger partial charge >= 0.3 is 5.69 Å². The van der Waals surface area contributed by atoms with Crippen molar-refractivity contribution in [3.05, 3.63) is 99.9 Å². The summed E-state index contributed by atoms with van der Waals surface area (Å²) in [4.78, 5) is 17.7. The zero-order chi connectivity index (χ0) is 23.8. The Bertz CT molecular complexity index is 1650. The van der Waals surface area contributed by atoms with Crippen molar-refractivity contribution in [2.24, 2.45) is 7.05 Å². The highest BCUT2D eigenvalue weighted by atomic mass is 19.1. The third kappa shape index (κ3) is 3.50. The molecule has 2 aromatic heterocycles. The number of imidazole rings is 1. The molecule has 5 rings (SSSR count). The Morgan fingerprint density at radius 1 is 1.09 bits per heavy atom. The number of rotatable bonds is 5. The molecule has 168 valence electrons. The van der Waals surface area contributed by atoms with Crippen LogP contribution in [0.5, 0.6) is 5.75 Å². The lowest BCUT2D eigenvalue weighted by Gasteiger charge is -2.12. The number of hydrogen-bond acceptors (Lipinski definition) is 4. The molecule has 0 fully saturated rings. The third-order valence-corrected chi connectivity index (χ3v) is 6.13. The van der Waals surface area contributed by atoms with Gasteiger partial charge in [-0.25, -0.2) is 9.18 Å². The first-order valence-corrected chi connectivity index (χ1v) is 10.8. The van der Waals surface area contributed by atoms with Gasteiger partial charge in [-0.05, 0) is 48.2 Å². The van der Waals surface area contributed by atoms with Gasteiger partial charge in [0.15, 0.2) is 0 Å². The predicted molar refractivity (Wildman–Crippen MR) is 129 cm³/mol. The molecule has 6 nitrogen and oxygen atoms in total. The molecule has 3 aromatic carbocycles. The minimum Gasteiger partial charge on any atom is -0.496 e. The van der Waals surface area contributed by atoms with Crippen molar-refractivity contribution < 1.29 is 9.13 Å². The van der Waals surface area contributed by atoms with Crippen molar-refractivity contribution in [2.45, 2.75) is 12.8 Å². The fraction of sp³-hybridized carbons (Fsp3) is 0.148. The highest BCUT2D eigenvalue weighted by Crippen LogP contribution is 2.32. The van der Waals surface area contributed by atoms with Gasteiger partial charge in [0.2, 0.25) is 0 Å². The number of benzene rings is 3. The normalized spacial score (nSPS) is 11.1. The third-order valence-electron chi connectivity index (χ3n) is 6.13. The molecule has 0 aliphatic carbocycles. The molecule has 0 saturated carbocycles. The summed E-state index contributed by atoms with van der Waals surface area (Å²) in [6.07, 6.45) is 3.15. The number of ether oxygens (including phenoxy) is 1. The van der Waals surface area contributed by atoms with Gasteiger partial charge < -0.3 is 4.74 Å². The first kappa shape index (κ1) is 21.4. The van der Waals surface area contributed by atoms with E-state index in [9.17, 15) is 9.18 Å². The van der Waals surface area contributed by atoms with E-state index in [1.807, 2.05) is 36.4 Å². The van der Waals surface area contributed by atoms with Gasteiger partial charge in [0.05, 0.1) is 47.2 Å². The average molecular weight is 452 g/mol. The Labute approximate surface area is 195 Å². The summed E-state index contributed by atoms with van der Waals surface area (Å²) in [5, 5.41) is 9.82. The minimum absolute atomic E-state index is 0.0868. The number of pyridine rings is 1. The van der Waals surface area contributed by atoms with Crippen LogP contribution in [0.3, 0.4) is 0 Å². The van der Waals surface area contributed by atoms with Gasteiger partial charge in [-0.1, -0.05) is 30.3 Å². The summed E-state index contributed by atoms with van der Waals surface area (Å²) in [6.45, 7) is 0. The summed E-state index contributed by atoms with van der Waals surface area (Å²) in [6, 6.07) is 20.0. The molecule has 0 N–H and O–H groups in total. The van der Waals surface area contributed by atoms with Crippen molar-refractivity contribution in [1.82, 2.24) is 14.1 Å². The van der Waals surface area contributed by atoms with Crippen LogP contribution < -0.4 is 10.4 Å². The van der Waals surface area contributed by atoms with Crippen LogP contribution in [0.2, 0.25) is 0 Å². The van der Waals surface area contributed by atoms with E-state index in [1.54, 1.807) is 20.4 Å². The predicted octanol–water partition coefficient (Wildman–Crippen LogP) is 4.68. The highest BCUT2D eigenvalue weighted by molar-refractivity contribution is 6.04. The number of halogens is 1. The van der Waals surface area contributed by atoms with E-state index in [0.29, 0.717) is 22.3 Å². The van der Waals surface area contributed by atoms with Crippen LogP contribution in [0.25, 0.3) is 27.6 Å². The monoisotopic (exact) mass is 452 g/mol. The van der Waals surface area contributed by atoms with E-state index in [1.165, 1.54) is 26.8 Å². The van der Waals surface area contributed by atoms with E-state index in [0.717, 1.165) is 29.9 Å². The van der Waals surface area contributed by atoms with Crippen LogP contribution >= 0.6 is 0 Å². The SMILES string of the molecule is COc1cc2ncc3c(c2cc1CCc1ccccc1)n(-c1ccc(C#N)cc1F)c(=O)n3C. The van der Waals surface area contributed by atoms with Gasteiger partial charge in [0, 0.05) is 18.5 Å². The Balaban J connectivity index is 1.75. The van der Waals surface area contributed by atoms with Crippen molar-refractivity contribution >= 4 is 21.9 Å². The number of aromatic nitrogens is 3. The second-order valence-corrected chi connectivity index (χ2v) is 8.11. The fourth-order valence-corrected chi connectivity index (χ4v) is 4.36. The molecule has 0 atom stereocenters. The number of methoxy groups -OCH3 is 1. The fourth-order valence-electron chi connectivity index (χ4n) is 4.36. The van der Waals surface area contributed by atoms with Crippen LogP contribution in [0.1, 0.15) is 16.7 Å². The molecular weight excluding hydrogens is 431 g/mol. The Morgan fingerprint density at radius 3 is 2.59 bits per heavy atom. The Morgan fingerprint density at radius 2 is 1.88 bits per heavy atom. The quantitative estimate of drug-likeness (QED) is 0.388. The average Bonchev–Trinajstić information content (AvgIpc) is 3.12. The van der Waals surface area contributed by atoms with Crippen LogP contribution in [-0.4, -0.2) is 21.2 Å². The number of nitrogens with zero attached hydrogens (tertiary/aromatic N) is 4. The molecule has 0 bridgehead atoms. The second-order valence-electron chi connectivity index (χ2n) is 8.11. The molecule has 0 unspecified atom stereocenters. The van der Waals surface area contributed by atoms with Crippen molar-refractivity contribution in [1.29, 1.82) is 5.26 Å². The maximum atomic E-state index is 15.0. The largest absolute Gasteiger partial charge is 0.496 e. The molecule has 5 aromatic rings. The van der Waals surface area contributed by atoms with Crippen LogP contribution in [0.4, 0.5) is 4.39 Å². The summed E-state index contributed by atoms with van der Waals surface area (Å²) in [5.74, 6) is 0.0705. The number of fused-ring (bicyclic) bond motifs is 3. The van der Waals surface area contributed by atoms with Gasteiger partial charge in [-0.2, -0.15) is 5.26 Å². The molecule has 0 aliphatic rings. The molecular formula is C27H21FN4O2. The maximum Gasteiger partial charge on any atom is 0.333 e. The Kier molecular flexibility index (Phi) is 5.34. The molecule has 7 heteroatoms. The number of nitriles is 1. The summed E-state index contributed by atoms with van der Waals surface area (Å²) in [7, 11) is 3.26. The topological polar surface area (TPSA) is 72.8 Å². The van der Waals surface area contributed by atoms with Gasteiger partial charge in [-0.15, -0.1) is 0 Å². The van der Waals surface area contributed by atoms with Crippen molar-refractivity contribution in [2.75, 3.05) is 7.11 Å². The molecule has 0 saturated heterocycles. The van der Waals surface area contributed by atoms with Gasteiger partial charge in [-0.3, -0.25) is 14.1 Å². The van der Waals surface area contributed by atoms with Crippen molar-refractivity contribution in [3.63, 3.8) is 0 Å². The zero-order valence-corrected chi connectivity index (χ0v) is 18.7. The standard InChI is InChI=1S/C27H21FN4O2/c1-31-24-16-30-22-14-25(34-2)19(10-8-17-6-4-3-5-7-17)13-20(22)26(24)32(27(31)33)23-11-9-18(15-29)12-21(23)28/h3-7,9,11-14,16H,8,10H2,1-2H3. The minimum atomic E-state index is -0.642. The van der Waals surface area contributed by atoms with Crippen LogP contribution in [-0.2, 0) is 19.9 Å². The molecule has 0 aliphatic heterocycles. The van der Waals surface area contributed by atoms with E-state index >= 15 is 0 Å². The molecule has 0 radical (unpaired) electrons. The lowest BCUT2D eigenvalue weighted by atomic mass is 10.0. The van der Waals surface area contributed by atoms with Crippen LogP contribution in [0.15, 0.2) is 71.7 Å². The second kappa shape index (κ2) is 8.49. The van der Waals surface area contributed by atoms with Crippen LogP contribution in [0, 0.1) is 17.1 Å². The van der Waals surface area contributed by atoms with E-state index in [-0.39, 0.29) is 11.3 Å². The summed E-state index contributed by atoms with van der Waals surface area (Å²) < 4.78 is 23.4. The maximum absolute atomic E-state index is 15.0. The smallest absolute Gasteiger partial charge is 0.333 e. The molecule has 34 heavy (non-hydrogen) atoms. The lowest BCUT2D eigenvalue weighted by molar-refractivity contribution is 0.410. The zero-order valence-electron chi connectivity index (χ0n) is 18.7. The van der Waals surface area contributed by atoms with Gasteiger partial charge in [0.25, 0.3) is 0 Å². The summed E-state index contributed by atoms with van der Waals surface area (Å²) in [5.41, 5.74) is 3.84. The molecule has 2 heterocycles. The van der Waals surface area contributed by atoms with Gasteiger partial charge in [0.1, 0.15) is 11.6 Å². The van der Waals surface area contributed by atoms with E-state index < -0.39 is 11.5 Å². The summed E-state index contributed by atoms with van der Waals surface area (Å²) >= 11 is 0. The first-order valence-electron chi connectivity index (χ1n) is 10.8. The lowest BCUT2D eigenvalue weighted by Crippen LogP contribution is -2.21. The van der Waals surface area contributed by atoms with E-state index in [2.05, 4.69) is 17.1 Å².